The molecule has 70 valence electrons. The predicted molar refractivity (Wildman–Crippen MR) is 56.0 cm³/mol. The molecule has 2 rings (SSSR count). The van der Waals surface area contributed by atoms with Gasteiger partial charge in [-0.1, -0.05) is 23.7 Å². The van der Waals surface area contributed by atoms with E-state index in [9.17, 15) is 0 Å². The van der Waals surface area contributed by atoms with Gasteiger partial charge in [-0.05, 0) is 37.5 Å². The number of benzene rings is 1. The molecule has 1 fully saturated rings. The van der Waals surface area contributed by atoms with Gasteiger partial charge in [0.15, 0.2) is 0 Å². The third-order valence-electron chi connectivity index (χ3n) is 2.43. The third kappa shape index (κ3) is 2.45. The first-order chi connectivity index (χ1) is 6.25. The van der Waals surface area contributed by atoms with E-state index in [0.29, 0.717) is 6.04 Å². The smallest absolute Gasteiger partial charge is 0.0406 e. The maximum atomic E-state index is 5.81. The fourth-order valence-corrected chi connectivity index (χ4v) is 1.58. The SMILES string of the molecule is CC(NC1CC1)c1ccc(Cl)cc1. The molecule has 0 heterocycles. The fraction of sp³-hybridized carbons (Fsp3) is 0.455. The van der Waals surface area contributed by atoms with E-state index < -0.39 is 0 Å². The van der Waals surface area contributed by atoms with Crippen LogP contribution in [0.1, 0.15) is 31.4 Å². The number of hydrogen-bond donors (Lipinski definition) is 1. The Morgan fingerprint density at radius 2 is 1.92 bits per heavy atom. The Balaban J connectivity index is 2.01. The van der Waals surface area contributed by atoms with E-state index in [1.54, 1.807) is 0 Å². The second-order valence-corrected chi connectivity index (χ2v) is 4.15. The number of rotatable bonds is 3. The average molecular weight is 196 g/mol. The second kappa shape index (κ2) is 3.69. The van der Waals surface area contributed by atoms with Crippen LogP contribution in [0.5, 0.6) is 0 Å². The molecule has 1 aliphatic carbocycles. The topological polar surface area (TPSA) is 12.0 Å². The summed E-state index contributed by atoms with van der Waals surface area (Å²) >= 11 is 5.81. The van der Waals surface area contributed by atoms with Crippen molar-refractivity contribution >= 4 is 11.6 Å². The van der Waals surface area contributed by atoms with Gasteiger partial charge in [0, 0.05) is 17.1 Å². The highest BCUT2D eigenvalue weighted by molar-refractivity contribution is 6.30. The van der Waals surface area contributed by atoms with Crippen LogP contribution < -0.4 is 5.32 Å². The van der Waals surface area contributed by atoms with Crippen molar-refractivity contribution in [1.29, 1.82) is 0 Å². The maximum Gasteiger partial charge on any atom is 0.0406 e. The van der Waals surface area contributed by atoms with Gasteiger partial charge in [0.1, 0.15) is 0 Å². The Morgan fingerprint density at radius 3 is 2.46 bits per heavy atom. The molecule has 1 nitrogen and oxygen atoms in total. The minimum absolute atomic E-state index is 0.449. The minimum Gasteiger partial charge on any atom is -0.307 e. The van der Waals surface area contributed by atoms with E-state index in [1.807, 2.05) is 12.1 Å². The fourth-order valence-electron chi connectivity index (χ4n) is 1.45. The highest BCUT2D eigenvalue weighted by atomic mass is 35.5. The van der Waals surface area contributed by atoms with Gasteiger partial charge < -0.3 is 5.32 Å². The summed E-state index contributed by atoms with van der Waals surface area (Å²) < 4.78 is 0. The first-order valence-electron chi connectivity index (χ1n) is 4.77. The van der Waals surface area contributed by atoms with Crippen LogP contribution in [0.15, 0.2) is 24.3 Å². The van der Waals surface area contributed by atoms with Crippen molar-refractivity contribution in [3.8, 4) is 0 Å². The molecule has 0 aliphatic heterocycles. The van der Waals surface area contributed by atoms with E-state index in [1.165, 1.54) is 18.4 Å². The molecular formula is C11H14ClN. The number of hydrogen-bond acceptors (Lipinski definition) is 1. The number of nitrogens with one attached hydrogen (secondary N) is 1. The van der Waals surface area contributed by atoms with E-state index in [4.69, 9.17) is 11.6 Å². The van der Waals surface area contributed by atoms with Crippen molar-refractivity contribution in [3.63, 3.8) is 0 Å². The molecule has 2 heteroatoms. The zero-order valence-corrected chi connectivity index (χ0v) is 8.51. The van der Waals surface area contributed by atoms with Crippen LogP contribution in [0, 0.1) is 0 Å². The lowest BCUT2D eigenvalue weighted by Gasteiger charge is -2.13. The Morgan fingerprint density at radius 1 is 1.31 bits per heavy atom. The maximum absolute atomic E-state index is 5.81. The molecule has 0 bridgehead atoms. The van der Waals surface area contributed by atoms with Gasteiger partial charge >= 0.3 is 0 Å². The molecule has 0 amide bonds. The lowest BCUT2D eigenvalue weighted by molar-refractivity contribution is 0.571. The molecule has 1 aromatic rings. The molecular weight excluding hydrogens is 182 g/mol. The Bertz CT molecular complexity index is 277. The van der Waals surface area contributed by atoms with E-state index >= 15 is 0 Å². The lowest BCUT2D eigenvalue weighted by atomic mass is 10.1. The summed E-state index contributed by atoms with van der Waals surface area (Å²) in [5, 5.41) is 4.35. The van der Waals surface area contributed by atoms with Crippen molar-refractivity contribution in [3.05, 3.63) is 34.9 Å². The van der Waals surface area contributed by atoms with Gasteiger partial charge in [0.2, 0.25) is 0 Å². The van der Waals surface area contributed by atoms with Gasteiger partial charge in [-0.25, -0.2) is 0 Å². The monoisotopic (exact) mass is 195 g/mol. The summed E-state index contributed by atoms with van der Waals surface area (Å²) in [6.07, 6.45) is 2.66. The Hall–Kier alpha value is -0.530. The Kier molecular flexibility index (Phi) is 2.56. The van der Waals surface area contributed by atoms with Crippen molar-refractivity contribution in [2.75, 3.05) is 0 Å². The molecule has 1 atom stereocenters. The van der Waals surface area contributed by atoms with Gasteiger partial charge in [0.05, 0.1) is 0 Å². The van der Waals surface area contributed by atoms with E-state index in [0.717, 1.165) is 11.1 Å². The first kappa shape index (κ1) is 9.04. The van der Waals surface area contributed by atoms with E-state index in [2.05, 4.69) is 24.4 Å². The summed E-state index contributed by atoms with van der Waals surface area (Å²) in [6, 6.07) is 9.27. The summed E-state index contributed by atoms with van der Waals surface area (Å²) in [5.41, 5.74) is 1.32. The number of halogens is 1. The highest BCUT2D eigenvalue weighted by Crippen LogP contribution is 2.24. The molecule has 1 N–H and O–H groups in total. The average Bonchev–Trinajstić information content (AvgIpc) is 2.89. The molecule has 1 aromatic carbocycles. The van der Waals surface area contributed by atoms with Crippen molar-refractivity contribution in [1.82, 2.24) is 5.32 Å². The molecule has 0 radical (unpaired) electrons. The predicted octanol–water partition coefficient (Wildman–Crippen LogP) is 3.15. The van der Waals surface area contributed by atoms with Crippen LogP contribution >= 0.6 is 11.6 Å². The van der Waals surface area contributed by atoms with Crippen molar-refractivity contribution in [2.24, 2.45) is 0 Å². The van der Waals surface area contributed by atoms with Gasteiger partial charge in [-0.2, -0.15) is 0 Å². The van der Waals surface area contributed by atoms with Gasteiger partial charge in [-0.15, -0.1) is 0 Å². The molecule has 0 aromatic heterocycles. The van der Waals surface area contributed by atoms with Crippen LogP contribution in [-0.2, 0) is 0 Å². The summed E-state index contributed by atoms with van der Waals surface area (Å²) in [6.45, 7) is 2.20. The zero-order valence-electron chi connectivity index (χ0n) is 7.76. The van der Waals surface area contributed by atoms with Crippen molar-refractivity contribution < 1.29 is 0 Å². The van der Waals surface area contributed by atoms with Crippen LogP contribution in [0.3, 0.4) is 0 Å². The van der Waals surface area contributed by atoms with Crippen LogP contribution in [0.4, 0.5) is 0 Å². The largest absolute Gasteiger partial charge is 0.307 e. The van der Waals surface area contributed by atoms with E-state index in [-0.39, 0.29) is 0 Å². The molecule has 0 saturated heterocycles. The highest BCUT2D eigenvalue weighted by Gasteiger charge is 2.22. The second-order valence-electron chi connectivity index (χ2n) is 3.71. The summed E-state index contributed by atoms with van der Waals surface area (Å²) in [5.74, 6) is 0. The standard InChI is InChI=1S/C11H14ClN/c1-8(13-11-6-7-11)9-2-4-10(12)5-3-9/h2-5,8,11,13H,6-7H2,1H3. The summed E-state index contributed by atoms with van der Waals surface area (Å²) in [7, 11) is 0. The lowest BCUT2D eigenvalue weighted by Crippen LogP contribution is -2.20. The molecule has 13 heavy (non-hydrogen) atoms. The van der Waals surface area contributed by atoms with Crippen LogP contribution in [-0.4, -0.2) is 6.04 Å². The summed E-state index contributed by atoms with van der Waals surface area (Å²) in [4.78, 5) is 0. The van der Waals surface area contributed by atoms with Crippen LogP contribution in [0.25, 0.3) is 0 Å². The van der Waals surface area contributed by atoms with Gasteiger partial charge in [0.25, 0.3) is 0 Å². The normalized spacial score (nSPS) is 18.6. The third-order valence-corrected chi connectivity index (χ3v) is 2.69. The van der Waals surface area contributed by atoms with Crippen molar-refractivity contribution in [2.45, 2.75) is 31.8 Å². The minimum atomic E-state index is 0.449. The Labute approximate surface area is 84.1 Å². The molecule has 1 saturated carbocycles. The first-order valence-corrected chi connectivity index (χ1v) is 5.15. The quantitative estimate of drug-likeness (QED) is 0.782. The molecule has 1 aliphatic rings. The molecule has 0 spiro atoms. The molecule has 1 unspecified atom stereocenters. The van der Waals surface area contributed by atoms with Gasteiger partial charge in [-0.3, -0.25) is 0 Å². The van der Waals surface area contributed by atoms with Crippen LogP contribution in [0.2, 0.25) is 5.02 Å². The zero-order chi connectivity index (χ0) is 9.26.